The molecule has 4 rings (SSSR count). The molecule has 0 radical (unpaired) electrons. The van der Waals surface area contributed by atoms with E-state index in [4.69, 9.17) is 18.6 Å². The monoisotopic (exact) mass is 513 g/mol. The Kier molecular flexibility index (Phi) is 8.43. The van der Waals surface area contributed by atoms with Gasteiger partial charge >= 0.3 is 0 Å². The van der Waals surface area contributed by atoms with Crippen LogP contribution in [0.4, 0.5) is 11.4 Å². The fourth-order valence-electron chi connectivity index (χ4n) is 4.33. The normalized spacial score (nSPS) is 14.7. The van der Waals surface area contributed by atoms with Crippen LogP contribution in [0.1, 0.15) is 44.1 Å². The van der Waals surface area contributed by atoms with Crippen molar-refractivity contribution >= 4 is 58.5 Å². The van der Waals surface area contributed by atoms with Crippen molar-refractivity contribution < 1.29 is 9.59 Å². The van der Waals surface area contributed by atoms with Gasteiger partial charge in [0.2, 0.25) is 11.8 Å². The Balaban J connectivity index is 1.25. The summed E-state index contributed by atoms with van der Waals surface area (Å²) in [5.74, 6) is 3.17. The zero-order valence-corrected chi connectivity index (χ0v) is 21.3. The zero-order valence-electron chi connectivity index (χ0n) is 18.8. The van der Waals surface area contributed by atoms with E-state index in [9.17, 15) is 9.59 Å². The van der Waals surface area contributed by atoms with Crippen molar-refractivity contribution in [1.29, 1.82) is 0 Å². The molecular formula is C24H27N5O2S3. The molecule has 1 aromatic heterocycles. The maximum absolute atomic E-state index is 12.4. The van der Waals surface area contributed by atoms with E-state index in [1.165, 1.54) is 52.8 Å². The van der Waals surface area contributed by atoms with Crippen molar-refractivity contribution in [2.24, 2.45) is 0 Å². The summed E-state index contributed by atoms with van der Waals surface area (Å²) in [6, 6.07) is 5.99. The molecule has 1 aliphatic heterocycles. The van der Waals surface area contributed by atoms with E-state index in [1.54, 1.807) is 0 Å². The highest BCUT2D eigenvalue weighted by Crippen LogP contribution is 2.40. The highest BCUT2D eigenvalue weighted by molar-refractivity contribution is 8.01. The second-order valence-corrected chi connectivity index (χ2v) is 11.2. The van der Waals surface area contributed by atoms with Crippen LogP contribution in [0, 0.1) is 16.3 Å². The van der Waals surface area contributed by atoms with E-state index in [2.05, 4.69) is 31.7 Å². The second kappa shape index (κ2) is 11.7. The molecule has 2 aliphatic rings. The van der Waals surface area contributed by atoms with Gasteiger partial charge in [-0.15, -0.1) is 6.42 Å². The van der Waals surface area contributed by atoms with E-state index < -0.39 is 0 Å². The predicted molar refractivity (Wildman–Crippen MR) is 141 cm³/mol. The summed E-state index contributed by atoms with van der Waals surface area (Å²) in [5, 5.41) is 12.6. The molecule has 0 saturated heterocycles. The number of terminal acetylenes is 1. The fraction of sp³-hybridized carbons (Fsp3) is 0.417. The highest BCUT2D eigenvalue weighted by Gasteiger charge is 2.26. The number of hydrogen-bond acceptors (Lipinski definition) is 7. The number of benzene rings is 1. The lowest BCUT2D eigenvalue weighted by Gasteiger charge is -2.37. The summed E-state index contributed by atoms with van der Waals surface area (Å²) in [6.45, 7) is 1.07. The van der Waals surface area contributed by atoms with Crippen molar-refractivity contribution in [3.8, 4) is 12.3 Å². The van der Waals surface area contributed by atoms with Crippen molar-refractivity contribution in [3.05, 3.63) is 39.0 Å². The van der Waals surface area contributed by atoms with Gasteiger partial charge in [0.15, 0.2) is 8.29 Å². The average Bonchev–Trinajstić information content (AvgIpc) is 3.25. The number of nitrogens with zero attached hydrogens (tertiary/aromatic N) is 2. The maximum atomic E-state index is 12.4. The van der Waals surface area contributed by atoms with Gasteiger partial charge in [-0.1, -0.05) is 29.0 Å². The van der Waals surface area contributed by atoms with Crippen LogP contribution in [0.2, 0.25) is 0 Å². The standard InChI is InChI=1S/C24H27N5O2S3/c1-2-12-29-19-6-4-3-5-16(19)14-17-15-18(7-8-20(17)29)26-22(31)10-9-21(30)25-11-13-33-24-28-27-23(32)34-24/h1,7-8,15H,3-6,9-14H2,(H,25,30)(H,26,31)(H,27,32). The number of thioether (sulfide) groups is 1. The van der Waals surface area contributed by atoms with Gasteiger partial charge < -0.3 is 15.5 Å². The van der Waals surface area contributed by atoms with Crippen molar-refractivity contribution in [2.45, 2.75) is 49.3 Å². The molecule has 2 aromatic rings. The number of carbonyl (C=O) groups is 2. The number of allylic oxidation sites excluding steroid dienone is 2. The molecule has 0 spiro atoms. The first-order valence-corrected chi connectivity index (χ1v) is 13.5. The molecular weight excluding hydrogens is 486 g/mol. The minimum Gasteiger partial charge on any atom is -0.355 e. The quantitative estimate of drug-likeness (QED) is 0.196. The number of carbonyl (C=O) groups excluding carboxylic acids is 2. The molecule has 2 heterocycles. The third-order valence-corrected chi connectivity index (χ3v) is 8.06. The Morgan fingerprint density at radius 1 is 1.26 bits per heavy atom. The van der Waals surface area contributed by atoms with Crippen molar-refractivity contribution in [1.82, 2.24) is 15.5 Å². The van der Waals surface area contributed by atoms with Crippen LogP contribution >= 0.6 is 35.3 Å². The number of anilines is 2. The van der Waals surface area contributed by atoms with Crippen LogP contribution in [0.3, 0.4) is 0 Å². The number of hydrogen-bond donors (Lipinski definition) is 3. The predicted octanol–water partition coefficient (Wildman–Crippen LogP) is 4.65. The molecule has 1 aliphatic carbocycles. The molecule has 178 valence electrons. The molecule has 0 bridgehead atoms. The first-order valence-electron chi connectivity index (χ1n) is 11.3. The Morgan fingerprint density at radius 2 is 2.09 bits per heavy atom. The summed E-state index contributed by atoms with van der Waals surface area (Å²) >= 11 is 7.93. The van der Waals surface area contributed by atoms with Gasteiger partial charge in [-0.25, -0.2) is 0 Å². The summed E-state index contributed by atoms with van der Waals surface area (Å²) in [4.78, 5) is 26.8. The summed E-state index contributed by atoms with van der Waals surface area (Å²) < 4.78 is 1.49. The van der Waals surface area contributed by atoms with Crippen LogP contribution in [-0.4, -0.2) is 40.9 Å². The van der Waals surface area contributed by atoms with E-state index in [0.717, 1.165) is 35.0 Å². The Morgan fingerprint density at radius 3 is 2.88 bits per heavy atom. The molecule has 34 heavy (non-hydrogen) atoms. The number of nitrogens with one attached hydrogen (secondary N) is 3. The van der Waals surface area contributed by atoms with E-state index >= 15 is 0 Å². The number of amides is 2. The summed E-state index contributed by atoms with van der Waals surface area (Å²) in [5.41, 5.74) is 5.92. The zero-order chi connectivity index (χ0) is 23.9. The summed E-state index contributed by atoms with van der Waals surface area (Å²) in [7, 11) is 0. The molecule has 1 aromatic carbocycles. The first kappa shape index (κ1) is 24.5. The van der Waals surface area contributed by atoms with Gasteiger partial charge in [-0.05, 0) is 73.7 Å². The molecule has 0 fully saturated rings. The molecule has 0 saturated carbocycles. The van der Waals surface area contributed by atoms with Gasteiger partial charge in [-0.3, -0.25) is 14.7 Å². The minimum absolute atomic E-state index is 0.134. The molecule has 2 amide bonds. The van der Waals surface area contributed by atoms with Crippen molar-refractivity contribution in [2.75, 3.05) is 29.1 Å². The largest absolute Gasteiger partial charge is 0.355 e. The van der Waals surface area contributed by atoms with Gasteiger partial charge in [0, 0.05) is 42.2 Å². The van der Waals surface area contributed by atoms with Crippen molar-refractivity contribution in [3.63, 3.8) is 0 Å². The lowest BCUT2D eigenvalue weighted by atomic mass is 9.86. The lowest BCUT2D eigenvalue weighted by molar-refractivity contribution is -0.124. The van der Waals surface area contributed by atoms with E-state index in [0.29, 0.717) is 22.8 Å². The Hall–Kier alpha value is -2.61. The summed E-state index contributed by atoms with van der Waals surface area (Å²) in [6.07, 6.45) is 11.4. The highest BCUT2D eigenvalue weighted by atomic mass is 32.2. The molecule has 7 nitrogen and oxygen atoms in total. The topological polar surface area (TPSA) is 90.1 Å². The second-order valence-electron chi connectivity index (χ2n) is 8.19. The molecule has 10 heteroatoms. The minimum atomic E-state index is -0.172. The molecule has 0 unspecified atom stereocenters. The smallest absolute Gasteiger partial charge is 0.224 e. The van der Waals surface area contributed by atoms with Crippen LogP contribution in [0.15, 0.2) is 33.8 Å². The number of aromatic amines is 1. The van der Waals surface area contributed by atoms with E-state index in [1.807, 2.05) is 18.2 Å². The molecule has 0 atom stereocenters. The Bertz CT molecular complexity index is 1190. The van der Waals surface area contributed by atoms with Gasteiger partial charge in [0.1, 0.15) is 0 Å². The average molecular weight is 514 g/mol. The van der Waals surface area contributed by atoms with Gasteiger partial charge in [0.05, 0.1) is 6.54 Å². The molecule has 3 N–H and O–H groups in total. The SMILES string of the molecule is C#CCN1C2=C(CCCC2)Cc2cc(NC(=O)CCC(=O)NCCSc3n[nH]c(=S)s3)ccc21. The van der Waals surface area contributed by atoms with Gasteiger partial charge in [-0.2, -0.15) is 5.10 Å². The van der Waals surface area contributed by atoms with Crippen LogP contribution < -0.4 is 15.5 Å². The number of rotatable bonds is 9. The first-order chi connectivity index (χ1) is 16.5. The Labute approximate surface area is 212 Å². The maximum Gasteiger partial charge on any atom is 0.224 e. The number of H-pyrrole nitrogens is 1. The fourth-order valence-corrected chi connectivity index (χ4v) is 6.34. The third kappa shape index (κ3) is 6.29. The van der Waals surface area contributed by atoms with Gasteiger partial charge in [0.25, 0.3) is 0 Å². The van der Waals surface area contributed by atoms with Crippen LogP contribution in [0.25, 0.3) is 0 Å². The number of aromatic nitrogens is 2. The lowest BCUT2D eigenvalue weighted by Crippen LogP contribution is -2.30. The van der Waals surface area contributed by atoms with Crippen LogP contribution in [-0.2, 0) is 16.0 Å². The van der Waals surface area contributed by atoms with E-state index in [-0.39, 0.29) is 24.7 Å². The van der Waals surface area contributed by atoms with Crippen LogP contribution in [0.5, 0.6) is 0 Å². The third-order valence-electron chi connectivity index (χ3n) is 5.83. The number of fused-ring (bicyclic) bond motifs is 1.